The third kappa shape index (κ3) is 1.64. The maximum absolute atomic E-state index is 13.1. The molecule has 2 saturated heterocycles. The average Bonchev–Trinajstić information content (AvgIpc) is 2.77. The Hall–Kier alpha value is -1.59. The first kappa shape index (κ1) is 15.3. The second-order valence-electron chi connectivity index (χ2n) is 7.58. The molecule has 0 aromatic rings. The number of amides is 1. The zero-order valence-electron chi connectivity index (χ0n) is 13.3. The van der Waals surface area contributed by atoms with E-state index in [1.807, 2.05) is 20.8 Å². The van der Waals surface area contributed by atoms with E-state index in [-0.39, 0.29) is 17.8 Å². The molecule has 0 spiro atoms. The van der Waals surface area contributed by atoms with E-state index in [0.29, 0.717) is 38.8 Å². The van der Waals surface area contributed by atoms with Crippen molar-refractivity contribution in [3.8, 4) is 0 Å². The van der Waals surface area contributed by atoms with Crippen molar-refractivity contribution in [2.24, 2.45) is 16.7 Å². The van der Waals surface area contributed by atoms with Crippen LogP contribution < -0.4 is 0 Å². The van der Waals surface area contributed by atoms with Crippen molar-refractivity contribution in [2.75, 3.05) is 13.1 Å². The van der Waals surface area contributed by atoms with Gasteiger partial charge in [-0.1, -0.05) is 13.8 Å². The van der Waals surface area contributed by atoms with Gasteiger partial charge in [-0.15, -0.1) is 0 Å². The van der Waals surface area contributed by atoms with E-state index in [0.717, 1.165) is 0 Å². The highest BCUT2D eigenvalue weighted by Gasteiger charge is 2.76. The molecule has 0 radical (unpaired) electrons. The lowest BCUT2D eigenvalue weighted by atomic mass is 9.66. The molecule has 1 N–H and O–H groups in total. The van der Waals surface area contributed by atoms with Crippen LogP contribution in [0.2, 0.25) is 0 Å². The Labute approximate surface area is 129 Å². The summed E-state index contributed by atoms with van der Waals surface area (Å²) in [6.07, 6.45) is 2.14. The third-order valence-corrected chi connectivity index (χ3v) is 6.56. The summed E-state index contributed by atoms with van der Waals surface area (Å²) in [5, 5.41) is 9.06. The number of esters is 1. The maximum Gasteiger partial charge on any atom is 0.313 e. The lowest BCUT2D eigenvalue weighted by Gasteiger charge is -2.40. The molecule has 2 aliphatic heterocycles. The molecule has 1 amide bonds. The predicted octanol–water partition coefficient (Wildman–Crippen LogP) is 1.43. The molecular weight excluding hydrogens is 286 g/mol. The van der Waals surface area contributed by atoms with E-state index >= 15 is 0 Å². The van der Waals surface area contributed by atoms with Crippen molar-refractivity contribution < 1.29 is 24.2 Å². The first-order valence-corrected chi connectivity index (χ1v) is 7.91. The molecule has 0 aromatic carbocycles. The summed E-state index contributed by atoms with van der Waals surface area (Å²) in [5.74, 6) is -1.60. The van der Waals surface area contributed by atoms with E-state index in [2.05, 4.69) is 0 Å². The largest absolute Gasteiger partial charge is 0.481 e. The number of carboxylic acids is 1. The molecule has 6 nitrogen and oxygen atoms in total. The lowest BCUT2D eigenvalue weighted by molar-refractivity contribution is -0.175. The van der Waals surface area contributed by atoms with Crippen LogP contribution in [0, 0.1) is 16.7 Å². The molecule has 3 aliphatic rings. The number of ether oxygens (including phenoxy) is 1. The van der Waals surface area contributed by atoms with Crippen LogP contribution in [0.15, 0.2) is 0 Å². The van der Waals surface area contributed by atoms with Crippen LogP contribution >= 0.6 is 0 Å². The number of piperidine rings is 1. The molecule has 122 valence electrons. The van der Waals surface area contributed by atoms with Gasteiger partial charge in [-0.25, -0.2) is 0 Å². The Kier molecular flexibility index (Phi) is 3.10. The average molecular weight is 309 g/mol. The monoisotopic (exact) mass is 309 g/mol. The van der Waals surface area contributed by atoms with Gasteiger partial charge in [0, 0.05) is 18.5 Å². The molecular formula is C16H23NO5. The maximum atomic E-state index is 13.1. The van der Waals surface area contributed by atoms with Crippen LogP contribution in [0.5, 0.6) is 0 Å². The van der Waals surface area contributed by atoms with Gasteiger partial charge in [0.05, 0.1) is 11.3 Å². The fraction of sp³-hybridized carbons (Fsp3) is 0.812. The number of likely N-dealkylation sites (tertiary alicyclic amines) is 1. The summed E-state index contributed by atoms with van der Waals surface area (Å²) in [4.78, 5) is 38.0. The summed E-state index contributed by atoms with van der Waals surface area (Å²) >= 11 is 0. The van der Waals surface area contributed by atoms with Crippen LogP contribution in [0.3, 0.4) is 0 Å². The van der Waals surface area contributed by atoms with Crippen molar-refractivity contribution in [1.29, 1.82) is 0 Å². The quantitative estimate of drug-likeness (QED) is 0.780. The van der Waals surface area contributed by atoms with Crippen LogP contribution in [-0.2, 0) is 19.1 Å². The van der Waals surface area contributed by atoms with Crippen LogP contribution in [0.4, 0.5) is 0 Å². The number of carboxylic acid groups (broad SMARTS) is 1. The van der Waals surface area contributed by atoms with Crippen molar-refractivity contribution >= 4 is 17.8 Å². The number of hydrogen-bond acceptors (Lipinski definition) is 4. The smallest absolute Gasteiger partial charge is 0.313 e. The first-order chi connectivity index (χ1) is 10.2. The lowest BCUT2D eigenvalue weighted by Crippen LogP contribution is -2.56. The van der Waals surface area contributed by atoms with Crippen molar-refractivity contribution in [3.05, 3.63) is 0 Å². The van der Waals surface area contributed by atoms with E-state index < -0.39 is 22.4 Å². The number of carbonyl (C=O) groups excluding carboxylic acids is 2. The van der Waals surface area contributed by atoms with E-state index in [4.69, 9.17) is 9.84 Å². The summed E-state index contributed by atoms with van der Waals surface area (Å²) in [6, 6.07) is 0. The fourth-order valence-corrected chi connectivity index (χ4v) is 4.31. The second kappa shape index (κ2) is 4.46. The van der Waals surface area contributed by atoms with Gasteiger partial charge in [-0.05, 0) is 32.6 Å². The molecule has 3 fully saturated rings. The highest BCUT2D eigenvalue weighted by Crippen LogP contribution is 2.66. The molecule has 1 saturated carbocycles. The zero-order chi connectivity index (χ0) is 16.3. The van der Waals surface area contributed by atoms with Gasteiger partial charge in [0.25, 0.3) is 5.91 Å². The van der Waals surface area contributed by atoms with Gasteiger partial charge in [0.2, 0.25) is 0 Å². The summed E-state index contributed by atoms with van der Waals surface area (Å²) in [5.41, 5.74) is -2.23. The molecule has 0 aromatic heterocycles. The van der Waals surface area contributed by atoms with Gasteiger partial charge in [-0.2, -0.15) is 0 Å². The Balaban J connectivity index is 1.82. The standard InChI is InChI=1S/C16H23NO5/c1-14(2)15(3)6-7-16(14,22-13(15)21)12(20)17-8-4-10(5-9-17)11(18)19/h10H,4-9H2,1-3H3,(H,18,19)/t15-,16-/m1/s1. The van der Waals surface area contributed by atoms with Gasteiger partial charge in [0.1, 0.15) is 0 Å². The van der Waals surface area contributed by atoms with Crippen molar-refractivity contribution in [3.63, 3.8) is 0 Å². The van der Waals surface area contributed by atoms with E-state index in [1.165, 1.54) is 0 Å². The fourth-order valence-electron chi connectivity index (χ4n) is 4.31. The Bertz CT molecular complexity index is 549. The van der Waals surface area contributed by atoms with Crippen molar-refractivity contribution in [2.45, 2.75) is 52.1 Å². The second-order valence-corrected chi connectivity index (χ2v) is 7.58. The normalized spacial score (nSPS) is 37.2. The minimum absolute atomic E-state index is 0.143. The molecule has 0 unspecified atom stereocenters. The molecule has 3 rings (SSSR count). The SMILES string of the molecule is CC1(C)[C@]2(C)CC[C@]1(C(=O)N1CCC(C(=O)O)CC1)OC2=O. The van der Waals surface area contributed by atoms with Crippen LogP contribution in [0.25, 0.3) is 0 Å². The number of carbonyl (C=O) groups is 3. The summed E-state index contributed by atoms with van der Waals surface area (Å²) in [6.45, 7) is 6.59. The van der Waals surface area contributed by atoms with Crippen LogP contribution in [-0.4, -0.2) is 46.5 Å². The summed E-state index contributed by atoms with van der Waals surface area (Å²) in [7, 11) is 0. The minimum Gasteiger partial charge on any atom is -0.481 e. The minimum atomic E-state index is -1.07. The third-order valence-electron chi connectivity index (χ3n) is 6.56. The Morgan fingerprint density at radius 2 is 1.77 bits per heavy atom. The molecule has 2 heterocycles. The van der Waals surface area contributed by atoms with Gasteiger partial charge in [0.15, 0.2) is 5.60 Å². The first-order valence-electron chi connectivity index (χ1n) is 7.91. The van der Waals surface area contributed by atoms with Gasteiger partial charge >= 0.3 is 11.9 Å². The van der Waals surface area contributed by atoms with Crippen molar-refractivity contribution in [1.82, 2.24) is 4.90 Å². The molecule has 1 aliphatic carbocycles. The molecule has 2 bridgehead atoms. The topological polar surface area (TPSA) is 83.9 Å². The highest BCUT2D eigenvalue weighted by atomic mass is 16.6. The molecule has 6 heteroatoms. The van der Waals surface area contributed by atoms with Gasteiger partial charge in [-0.3, -0.25) is 14.4 Å². The Morgan fingerprint density at radius 1 is 1.18 bits per heavy atom. The van der Waals surface area contributed by atoms with Gasteiger partial charge < -0.3 is 14.7 Å². The predicted molar refractivity (Wildman–Crippen MR) is 76.9 cm³/mol. The molecule has 22 heavy (non-hydrogen) atoms. The number of fused-ring (bicyclic) bond motifs is 2. The molecule has 2 atom stereocenters. The van der Waals surface area contributed by atoms with Crippen LogP contribution in [0.1, 0.15) is 46.5 Å². The van der Waals surface area contributed by atoms with E-state index in [9.17, 15) is 14.4 Å². The highest BCUT2D eigenvalue weighted by molar-refractivity contribution is 5.96. The Morgan fingerprint density at radius 3 is 2.18 bits per heavy atom. The number of rotatable bonds is 2. The number of aliphatic carboxylic acids is 1. The summed E-state index contributed by atoms with van der Waals surface area (Å²) < 4.78 is 5.61. The van der Waals surface area contributed by atoms with E-state index in [1.54, 1.807) is 4.90 Å². The zero-order valence-corrected chi connectivity index (χ0v) is 13.3. The number of nitrogens with zero attached hydrogens (tertiary/aromatic N) is 1. The number of hydrogen-bond donors (Lipinski definition) is 1.